The van der Waals surface area contributed by atoms with Crippen LogP contribution in [0.5, 0.6) is 5.75 Å². The summed E-state index contributed by atoms with van der Waals surface area (Å²) >= 11 is 6.00. The highest BCUT2D eigenvalue weighted by atomic mass is 35.5. The molecule has 23 heavy (non-hydrogen) atoms. The van der Waals surface area contributed by atoms with Gasteiger partial charge in [0.15, 0.2) is 0 Å². The number of fused-ring (bicyclic) bond motifs is 1. The van der Waals surface area contributed by atoms with E-state index in [0.717, 1.165) is 41.9 Å². The topological polar surface area (TPSA) is 50.1 Å². The molecule has 0 fully saturated rings. The number of hydrogen-bond donors (Lipinski definition) is 2. The van der Waals surface area contributed by atoms with Crippen LogP contribution < -0.4 is 5.32 Å². The molecule has 0 aliphatic heterocycles. The normalized spacial score (nSPS) is 11.0. The molecule has 3 rings (SSSR count). The third-order valence-electron chi connectivity index (χ3n) is 3.87. The standard InChI is InChI=1S/C18H20ClN3O/c1-2-3-10-22-16-7-5-4-6-15(16)21-18(22)20-12-13-11-14(19)8-9-17(13)23/h4-9,11,23H,2-3,10,12H2,1H3,(H,20,21). The lowest BCUT2D eigenvalue weighted by molar-refractivity contribution is 0.469. The largest absolute Gasteiger partial charge is 0.508 e. The highest BCUT2D eigenvalue weighted by molar-refractivity contribution is 6.30. The molecule has 0 radical (unpaired) electrons. The Labute approximate surface area is 140 Å². The number of imidazole rings is 1. The minimum absolute atomic E-state index is 0.234. The van der Waals surface area contributed by atoms with Crippen molar-refractivity contribution in [2.45, 2.75) is 32.9 Å². The van der Waals surface area contributed by atoms with Crippen molar-refractivity contribution in [3.8, 4) is 5.75 Å². The second kappa shape index (κ2) is 6.92. The minimum Gasteiger partial charge on any atom is -0.508 e. The molecule has 0 aliphatic rings. The molecule has 0 bridgehead atoms. The predicted molar refractivity (Wildman–Crippen MR) is 95.1 cm³/mol. The molecule has 2 aromatic carbocycles. The van der Waals surface area contributed by atoms with Gasteiger partial charge in [0.2, 0.25) is 5.95 Å². The van der Waals surface area contributed by atoms with Crippen LogP contribution in [-0.2, 0) is 13.1 Å². The number of para-hydroxylation sites is 2. The van der Waals surface area contributed by atoms with Crippen molar-refractivity contribution in [1.29, 1.82) is 0 Å². The Morgan fingerprint density at radius 2 is 2.04 bits per heavy atom. The molecule has 0 amide bonds. The van der Waals surface area contributed by atoms with Gasteiger partial charge in [-0.1, -0.05) is 37.1 Å². The third-order valence-corrected chi connectivity index (χ3v) is 4.10. The molecule has 4 nitrogen and oxygen atoms in total. The Bertz CT molecular complexity index is 813. The summed E-state index contributed by atoms with van der Waals surface area (Å²) in [6, 6.07) is 13.2. The van der Waals surface area contributed by atoms with Crippen LogP contribution in [0.3, 0.4) is 0 Å². The SMILES string of the molecule is CCCCn1c(NCc2cc(Cl)ccc2O)nc2ccccc21. The van der Waals surface area contributed by atoms with Gasteiger partial charge in [0.05, 0.1) is 11.0 Å². The van der Waals surface area contributed by atoms with Crippen LogP contribution in [0.15, 0.2) is 42.5 Å². The molecule has 0 spiro atoms. The van der Waals surface area contributed by atoms with Crippen LogP contribution in [0.1, 0.15) is 25.3 Å². The summed E-state index contributed by atoms with van der Waals surface area (Å²) in [5.74, 6) is 1.05. The van der Waals surface area contributed by atoms with E-state index in [9.17, 15) is 5.11 Å². The van der Waals surface area contributed by atoms with E-state index in [0.29, 0.717) is 11.6 Å². The number of aryl methyl sites for hydroxylation is 1. The van der Waals surface area contributed by atoms with Crippen molar-refractivity contribution < 1.29 is 5.11 Å². The highest BCUT2D eigenvalue weighted by Crippen LogP contribution is 2.24. The summed E-state index contributed by atoms with van der Waals surface area (Å²) in [6.45, 7) is 3.57. The van der Waals surface area contributed by atoms with Gasteiger partial charge in [0.25, 0.3) is 0 Å². The molecular formula is C18H20ClN3O. The maximum absolute atomic E-state index is 9.94. The van der Waals surface area contributed by atoms with E-state index in [1.54, 1.807) is 18.2 Å². The van der Waals surface area contributed by atoms with Gasteiger partial charge in [-0.25, -0.2) is 4.98 Å². The molecule has 0 unspecified atom stereocenters. The Kier molecular flexibility index (Phi) is 4.72. The second-order valence-electron chi connectivity index (χ2n) is 5.56. The van der Waals surface area contributed by atoms with Gasteiger partial charge in [-0.15, -0.1) is 0 Å². The molecule has 5 heteroatoms. The number of nitrogens with one attached hydrogen (secondary N) is 1. The van der Waals surface area contributed by atoms with Gasteiger partial charge < -0.3 is 15.0 Å². The van der Waals surface area contributed by atoms with Crippen molar-refractivity contribution in [2.75, 3.05) is 5.32 Å². The van der Waals surface area contributed by atoms with Crippen LogP contribution >= 0.6 is 11.6 Å². The van der Waals surface area contributed by atoms with Crippen LogP contribution in [0, 0.1) is 0 Å². The Morgan fingerprint density at radius 3 is 2.87 bits per heavy atom. The fraction of sp³-hybridized carbons (Fsp3) is 0.278. The number of nitrogens with zero attached hydrogens (tertiary/aromatic N) is 2. The number of unbranched alkanes of at least 4 members (excludes halogenated alkanes) is 1. The first-order chi connectivity index (χ1) is 11.2. The fourth-order valence-electron chi connectivity index (χ4n) is 2.62. The zero-order valence-corrected chi connectivity index (χ0v) is 13.8. The zero-order valence-electron chi connectivity index (χ0n) is 13.1. The van der Waals surface area contributed by atoms with Gasteiger partial charge in [0.1, 0.15) is 5.75 Å². The van der Waals surface area contributed by atoms with Crippen molar-refractivity contribution in [2.24, 2.45) is 0 Å². The lowest BCUT2D eigenvalue weighted by Crippen LogP contribution is -2.08. The van der Waals surface area contributed by atoms with E-state index >= 15 is 0 Å². The number of halogens is 1. The van der Waals surface area contributed by atoms with Gasteiger partial charge >= 0.3 is 0 Å². The van der Waals surface area contributed by atoms with Crippen molar-refractivity contribution in [3.05, 3.63) is 53.1 Å². The molecule has 3 aromatic rings. The van der Waals surface area contributed by atoms with E-state index in [2.05, 4.69) is 27.9 Å². The van der Waals surface area contributed by atoms with Crippen molar-refractivity contribution in [1.82, 2.24) is 9.55 Å². The number of aromatic hydroxyl groups is 1. The van der Waals surface area contributed by atoms with Crippen molar-refractivity contribution in [3.63, 3.8) is 0 Å². The average Bonchev–Trinajstić information content (AvgIpc) is 2.91. The van der Waals surface area contributed by atoms with Gasteiger partial charge in [-0.2, -0.15) is 0 Å². The molecule has 2 N–H and O–H groups in total. The summed E-state index contributed by atoms with van der Waals surface area (Å²) in [4.78, 5) is 4.67. The number of benzene rings is 2. The summed E-state index contributed by atoms with van der Waals surface area (Å²) in [6.07, 6.45) is 2.22. The summed E-state index contributed by atoms with van der Waals surface area (Å²) in [7, 11) is 0. The van der Waals surface area contributed by atoms with E-state index in [1.165, 1.54) is 0 Å². The molecule has 1 heterocycles. The maximum atomic E-state index is 9.94. The number of rotatable bonds is 6. The molecule has 0 saturated heterocycles. The average molecular weight is 330 g/mol. The lowest BCUT2D eigenvalue weighted by atomic mass is 10.2. The molecule has 0 atom stereocenters. The first-order valence-electron chi connectivity index (χ1n) is 7.85. The molecular weight excluding hydrogens is 310 g/mol. The Balaban J connectivity index is 1.88. The molecule has 120 valence electrons. The number of anilines is 1. The first-order valence-corrected chi connectivity index (χ1v) is 8.23. The second-order valence-corrected chi connectivity index (χ2v) is 5.99. The smallest absolute Gasteiger partial charge is 0.204 e. The number of phenolic OH excluding ortho intramolecular Hbond substituents is 1. The Hall–Kier alpha value is -2.20. The lowest BCUT2D eigenvalue weighted by Gasteiger charge is -2.11. The molecule has 1 aromatic heterocycles. The van der Waals surface area contributed by atoms with E-state index in [-0.39, 0.29) is 5.75 Å². The first kappa shape index (κ1) is 15.7. The quantitative estimate of drug-likeness (QED) is 0.682. The van der Waals surface area contributed by atoms with E-state index in [1.807, 2.05) is 18.2 Å². The van der Waals surface area contributed by atoms with E-state index in [4.69, 9.17) is 11.6 Å². The van der Waals surface area contributed by atoms with Crippen LogP contribution in [-0.4, -0.2) is 14.7 Å². The fourth-order valence-corrected chi connectivity index (χ4v) is 2.82. The van der Waals surface area contributed by atoms with Gasteiger partial charge in [-0.3, -0.25) is 0 Å². The zero-order chi connectivity index (χ0) is 16.2. The minimum atomic E-state index is 0.234. The van der Waals surface area contributed by atoms with Gasteiger partial charge in [-0.05, 0) is 36.8 Å². The summed E-state index contributed by atoms with van der Waals surface area (Å²) in [5, 5.41) is 13.9. The third kappa shape index (κ3) is 3.42. The van der Waals surface area contributed by atoms with Gasteiger partial charge in [0, 0.05) is 23.7 Å². The summed E-state index contributed by atoms with van der Waals surface area (Å²) in [5.41, 5.74) is 2.85. The molecule has 0 aliphatic carbocycles. The predicted octanol–water partition coefficient (Wildman–Crippen LogP) is 4.81. The van der Waals surface area contributed by atoms with Crippen molar-refractivity contribution >= 4 is 28.6 Å². The van der Waals surface area contributed by atoms with Crippen LogP contribution in [0.2, 0.25) is 5.02 Å². The number of hydrogen-bond acceptors (Lipinski definition) is 3. The number of phenols is 1. The van der Waals surface area contributed by atoms with Crippen LogP contribution in [0.4, 0.5) is 5.95 Å². The highest BCUT2D eigenvalue weighted by Gasteiger charge is 2.10. The number of aromatic nitrogens is 2. The van der Waals surface area contributed by atoms with Crippen LogP contribution in [0.25, 0.3) is 11.0 Å². The Morgan fingerprint density at radius 1 is 1.22 bits per heavy atom. The monoisotopic (exact) mass is 329 g/mol. The van der Waals surface area contributed by atoms with E-state index < -0.39 is 0 Å². The summed E-state index contributed by atoms with van der Waals surface area (Å²) < 4.78 is 2.19. The molecule has 0 saturated carbocycles. The maximum Gasteiger partial charge on any atom is 0.204 e.